The van der Waals surface area contributed by atoms with Crippen LogP contribution in [0, 0.1) is 0 Å². The second-order valence-electron chi connectivity index (χ2n) is 7.40. The molecule has 1 saturated heterocycles. The van der Waals surface area contributed by atoms with Gasteiger partial charge in [-0.3, -0.25) is 9.59 Å². The van der Waals surface area contributed by atoms with E-state index in [9.17, 15) is 19.8 Å². The molecular weight excluding hydrogens is 426 g/mol. The summed E-state index contributed by atoms with van der Waals surface area (Å²) in [7, 11) is 1.52. The summed E-state index contributed by atoms with van der Waals surface area (Å²) < 4.78 is 16.0. The fourth-order valence-electron chi connectivity index (χ4n) is 3.84. The summed E-state index contributed by atoms with van der Waals surface area (Å²) in [5.41, 5.74) is 0.794. The minimum Gasteiger partial charge on any atom is -0.507 e. The molecule has 8 heteroatoms. The van der Waals surface area contributed by atoms with Gasteiger partial charge in [0.05, 0.1) is 38.1 Å². The number of benzene rings is 2. The Balaban J connectivity index is 1.87. The number of ether oxygens (including phenoxy) is 2. The Hall–Kier alpha value is -4.20. The molecule has 2 heterocycles. The number of hydrogen-bond donors (Lipinski definition) is 2. The van der Waals surface area contributed by atoms with Crippen LogP contribution in [0.5, 0.6) is 17.2 Å². The zero-order chi connectivity index (χ0) is 23.5. The highest BCUT2D eigenvalue weighted by Gasteiger charge is 2.46. The Labute approximate surface area is 190 Å². The van der Waals surface area contributed by atoms with Crippen LogP contribution in [-0.4, -0.2) is 40.5 Å². The minimum atomic E-state index is -0.919. The summed E-state index contributed by atoms with van der Waals surface area (Å²) in [6.07, 6.45) is 1.48. The van der Waals surface area contributed by atoms with Crippen molar-refractivity contribution in [1.82, 2.24) is 4.90 Å². The third-order valence-corrected chi connectivity index (χ3v) is 5.41. The number of nitrogens with zero attached hydrogens (tertiary/aromatic N) is 1. The molecule has 33 heavy (non-hydrogen) atoms. The van der Waals surface area contributed by atoms with E-state index in [2.05, 4.69) is 0 Å². The highest BCUT2D eigenvalue weighted by atomic mass is 16.5. The van der Waals surface area contributed by atoms with Crippen LogP contribution in [0.2, 0.25) is 0 Å². The van der Waals surface area contributed by atoms with E-state index in [-0.39, 0.29) is 29.4 Å². The average Bonchev–Trinajstić information content (AvgIpc) is 3.43. The molecule has 1 fully saturated rings. The summed E-state index contributed by atoms with van der Waals surface area (Å²) in [5.74, 6) is -0.685. The Kier molecular flexibility index (Phi) is 6.08. The van der Waals surface area contributed by atoms with Gasteiger partial charge in [-0.05, 0) is 61.0 Å². The van der Waals surface area contributed by atoms with Gasteiger partial charge in [0, 0.05) is 5.56 Å². The highest BCUT2D eigenvalue weighted by Crippen LogP contribution is 2.42. The number of furan rings is 1. The van der Waals surface area contributed by atoms with Crippen molar-refractivity contribution in [3.63, 3.8) is 0 Å². The number of amides is 1. The molecule has 1 aliphatic heterocycles. The van der Waals surface area contributed by atoms with Gasteiger partial charge >= 0.3 is 0 Å². The molecule has 0 saturated carbocycles. The van der Waals surface area contributed by atoms with Crippen LogP contribution in [0.4, 0.5) is 0 Å². The average molecular weight is 449 g/mol. The van der Waals surface area contributed by atoms with E-state index in [0.717, 1.165) is 0 Å². The van der Waals surface area contributed by atoms with Crippen molar-refractivity contribution in [2.75, 3.05) is 13.7 Å². The summed E-state index contributed by atoms with van der Waals surface area (Å²) in [4.78, 5) is 27.5. The van der Waals surface area contributed by atoms with Crippen LogP contribution in [0.15, 0.2) is 70.9 Å². The number of carbonyl (C=O) groups excluding carboxylic acids is 2. The van der Waals surface area contributed by atoms with Crippen molar-refractivity contribution in [3.05, 3.63) is 83.3 Å². The number of likely N-dealkylation sites (tertiary alicyclic amines) is 1. The standard InChI is InChI=1S/C25H23NO7/c1-3-32-20-13-16(8-11-19(20)27)22-21(23(28)15-6-9-17(31-2)10-7-15)24(29)25(30)26(22)14-18-5-4-12-33-18/h4-13,22,27-28H,3,14H2,1-2H3/b23-21+. The molecule has 0 spiro atoms. The molecule has 1 aromatic heterocycles. The van der Waals surface area contributed by atoms with Gasteiger partial charge in [-0.1, -0.05) is 6.07 Å². The number of ketones is 1. The van der Waals surface area contributed by atoms with Crippen molar-refractivity contribution in [3.8, 4) is 17.2 Å². The number of Topliss-reactive ketones (excluding diaryl/α,β-unsaturated/α-hetero) is 1. The van der Waals surface area contributed by atoms with Gasteiger partial charge < -0.3 is 29.0 Å². The zero-order valence-corrected chi connectivity index (χ0v) is 18.1. The first-order valence-corrected chi connectivity index (χ1v) is 10.4. The van der Waals surface area contributed by atoms with Crippen molar-refractivity contribution in [2.45, 2.75) is 19.5 Å². The van der Waals surface area contributed by atoms with Crippen LogP contribution in [0.1, 0.15) is 29.9 Å². The van der Waals surface area contributed by atoms with Gasteiger partial charge in [-0.15, -0.1) is 0 Å². The van der Waals surface area contributed by atoms with E-state index in [4.69, 9.17) is 13.9 Å². The number of aromatic hydroxyl groups is 1. The molecule has 0 bridgehead atoms. The third kappa shape index (κ3) is 4.15. The molecule has 0 radical (unpaired) electrons. The number of phenols is 1. The van der Waals surface area contributed by atoms with Crippen molar-refractivity contribution in [2.24, 2.45) is 0 Å². The molecule has 1 unspecified atom stereocenters. The predicted octanol–water partition coefficient (Wildman–Crippen LogP) is 4.01. The number of rotatable bonds is 7. The van der Waals surface area contributed by atoms with E-state index < -0.39 is 17.7 Å². The second-order valence-corrected chi connectivity index (χ2v) is 7.40. The molecule has 4 rings (SSSR count). The quantitative estimate of drug-likeness (QED) is 0.319. The number of methoxy groups -OCH3 is 1. The maximum Gasteiger partial charge on any atom is 0.296 e. The maximum atomic E-state index is 13.1. The molecule has 3 aromatic rings. The number of phenolic OH excluding ortho intramolecular Hbond substituents is 1. The van der Waals surface area contributed by atoms with Crippen LogP contribution in [0.3, 0.4) is 0 Å². The summed E-state index contributed by atoms with van der Waals surface area (Å²) in [6.45, 7) is 2.11. The molecule has 8 nitrogen and oxygen atoms in total. The van der Waals surface area contributed by atoms with E-state index in [1.807, 2.05) is 0 Å². The second kappa shape index (κ2) is 9.12. The van der Waals surface area contributed by atoms with Gasteiger partial charge in [-0.25, -0.2) is 0 Å². The monoisotopic (exact) mass is 449 g/mol. The van der Waals surface area contributed by atoms with Crippen LogP contribution in [0.25, 0.3) is 5.76 Å². The van der Waals surface area contributed by atoms with Crippen molar-refractivity contribution >= 4 is 17.4 Å². The number of hydrogen-bond acceptors (Lipinski definition) is 7. The molecule has 1 atom stereocenters. The Morgan fingerprint density at radius 2 is 1.88 bits per heavy atom. The first-order valence-electron chi connectivity index (χ1n) is 10.4. The lowest BCUT2D eigenvalue weighted by Gasteiger charge is -2.25. The number of aliphatic hydroxyl groups excluding tert-OH is 1. The number of aliphatic hydroxyl groups is 1. The Morgan fingerprint density at radius 3 is 2.52 bits per heavy atom. The van der Waals surface area contributed by atoms with E-state index >= 15 is 0 Å². The van der Waals surface area contributed by atoms with Crippen molar-refractivity contribution < 1.29 is 33.7 Å². The Bertz CT molecular complexity index is 1200. The van der Waals surface area contributed by atoms with Crippen LogP contribution >= 0.6 is 0 Å². The lowest BCUT2D eigenvalue weighted by molar-refractivity contribution is -0.140. The summed E-state index contributed by atoms with van der Waals surface area (Å²) >= 11 is 0. The van der Waals surface area contributed by atoms with E-state index in [1.165, 1.54) is 24.3 Å². The first kappa shape index (κ1) is 22.0. The first-order chi connectivity index (χ1) is 15.9. The smallest absolute Gasteiger partial charge is 0.296 e. The van der Waals surface area contributed by atoms with Crippen LogP contribution in [-0.2, 0) is 16.1 Å². The van der Waals surface area contributed by atoms with Crippen molar-refractivity contribution in [1.29, 1.82) is 0 Å². The highest BCUT2D eigenvalue weighted by molar-refractivity contribution is 6.46. The molecule has 2 N–H and O–H groups in total. The van der Waals surface area contributed by atoms with E-state index in [1.54, 1.807) is 55.5 Å². The molecule has 2 aromatic carbocycles. The Morgan fingerprint density at radius 1 is 1.12 bits per heavy atom. The predicted molar refractivity (Wildman–Crippen MR) is 119 cm³/mol. The van der Waals surface area contributed by atoms with Gasteiger partial charge in [0.1, 0.15) is 17.3 Å². The minimum absolute atomic E-state index is 0.0203. The summed E-state index contributed by atoms with van der Waals surface area (Å²) in [6, 6.07) is 13.6. The van der Waals surface area contributed by atoms with Gasteiger partial charge in [-0.2, -0.15) is 0 Å². The largest absolute Gasteiger partial charge is 0.507 e. The number of carbonyl (C=O) groups is 2. The lowest BCUT2D eigenvalue weighted by atomic mass is 9.95. The normalized spacial score (nSPS) is 17.4. The fraction of sp³-hybridized carbons (Fsp3) is 0.200. The fourth-order valence-corrected chi connectivity index (χ4v) is 3.84. The molecule has 1 aliphatic rings. The van der Waals surface area contributed by atoms with Gasteiger partial charge in [0.25, 0.3) is 11.7 Å². The zero-order valence-electron chi connectivity index (χ0n) is 18.1. The molecular formula is C25H23NO7. The topological polar surface area (TPSA) is 109 Å². The van der Waals surface area contributed by atoms with Gasteiger partial charge in [0.2, 0.25) is 0 Å². The maximum absolute atomic E-state index is 13.1. The molecule has 170 valence electrons. The molecule has 0 aliphatic carbocycles. The lowest BCUT2D eigenvalue weighted by Crippen LogP contribution is -2.29. The SMILES string of the molecule is CCOc1cc(C2/C(=C(\O)c3ccc(OC)cc3)C(=O)C(=O)N2Cc2ccco2)ccc1O. The van der Waals surface area contributed by atoms with Gasteiger partial charge in [0.15, 0.2) is 11.5 Å². The summed E-state index contributed by atoms with van der Waals surface area (Å²) in [5, 5.41) is 21.2. The van der Waals surface area contributed by atoms with Crippen LogP contribution < -0.4 is 9.47 Å². The van der Waals surface area contributed by atoms with E-state index in [0.29, 0.717) is 29.2 Å². The molecule has 1 amide bonds. The third-order valence-electron chi connectivity index (χ3n) is 5.41.